The number of rotatable bonds is 2. The van der Waals surface area contributed by atoms with Gasteiger partial charge in [0.25, 0.3) is 0 Å². The molecular weight excluding hydrogens is 259 g/mol. The predicted octanol–water partition coefficient (Wildman–Crippen LogP) is 3.53. The number of benzene rings is 1. The third-order valence-electron chi connectivity index (χ3n) is 1.96. The highest BCUT2D eigenvalue weighted by Crippen LogP contribution is 2.24. The summed E-state index contributed by atoms with van der Waals surface area (Å²) < 4.78 is 0. The Hall–Kier alpha value is -1.37. The van der Waals surface area contributed by atoms with Gasteiger partial charge in [0, 0.05) is 5.69 Å². The molecule has 5 heteroatoms. The third kappa shape index (κ3) is 4.18. The zero-order chi connectivity index (χ0) is 13.1. The van der Waals surface area contributed by atoms with Gasteiger partial charge in [0.15, 0.2) is 0 Å². The molecule has 90 valence electrons. The van der Waals surface area contributed by atoms with Crippen molar-refractivity contribution in [2.75, 3.05) is 5.32 Å². The molecule has 0 aromatic heterocycles. The molecule has 0 spiro atoms. The summed E-state index contributed by atoms with van der Waals surface area (Å²) in [5.41, 5.74) is -0.162. The van der Waals surface area contributed by atoms with Crippen molar-refractivity contribution in [3.63, 3.8) is 0 Å². The van der Waals surface area contributed by atoms with Gasteiger partial charge in [0.2, 0.25) is 0 Å². The van der Waals surface area contributed by atoms with Crippen molar-refractivity contribution < 1.29 is 4.79 Å². The van der Waals surface area contributed by atoms with E-state index in [1.807, 2.05) is 0 Å². The molecule has 0 fully saturated rings. The van der Waals surface area contributed by atoms with Crippen molar-refractivity contribution in [3.8, 4) is 12.3 Å². The molecule has 0 aliphatic carbocycles. The first kappa shape index (κ1) is 13.7. The van der Waals surface area contributed by atoms with E-state index in [2.05, 4.69) is 16.6 Å². The topological polar surface area (TPSA) is 41.1 Å². The Bertz CT molecular complexity index is 478. The van der Waals surface area contributed by atoms with Gasteiger partial charge in [-0.05, 0) is 32.0 Å². The van der Waals surface area contributed by atoms with E-state index in [9.17, 15) is 4.79 Å². The number of hydrogen-bond donors (Lipinski definition) is 2. The first-order chi connectivity index (χ1) is 7.84. The molecular formula is C12H12Cl2N2O. The lowest BCUT2D eigenvalue weighted by Gasteiger charge is -2.19. The van der Waals surface area contributed by atoms with Crippen molar-refractivity contribution in [2.24, 2.45) is 0 Å². The first-order valence-corrected chi connectivity index (χ1v) is 5.61. The summed E-state index contributed by atoms with van der Waals surface area (Å²) in [5, 5.41) is 6.05. The van der Waals surface area contributed by atoms with Crippen molar-refractivity contribution in [2.45, 2.75) is 19.4 Å². The van der Waals surface area contributed by atoms with E-state index in [1.165, 1.54) is 0 Å². The summed E-state index contributed by atoms with van der Waals surface area (Å²) >= 11 is 11.6. The van der Waals surface area contributed by atoms with Crippen LogP contribution in [0.4, 0.5) is 10.5 Å². The highest BCUT2D eigenvalue weighted by atomic mass is 35.5. The lowest BCUT2D eigenvalue weighted by Crippen LogP contribution is -2.44. The molecule has 0 unspecified atom stereocenters. The molecule has 3 nitrogen and oxygen atoms in total. The highest BCUT2D eigenvalue weighted by Gasteiger charge is 2.16. The van der Waals surface area contributed by atoms with Crippen molar-refractivity contribution in [1.29, 1.82) is 0 Å². The van der Waals surface area contributed by atoms with Crippen molar-refractivity contribution in [3.05, 3.63) is 28.2 Å². The maximum absolute atomic E-state index is 11.6. The number of amides is 2. The number of urea groups is 1. The maximum Gasteiger partial charge on any atom is 0.320 e. The average molecular weight is 271 g/mol. The fraction of sp³-hybridized carbons (Fsp3) is 0.250. The van der Waals surface area contributed by atoms with Gasteiger partial charge in [-0.2, -0.15) is 0 Å². The SMILES string of the molecule is C#CC(C)(C)NC(=O)Nc1ccc(Cl)c(Cl)c1. The number of anilines is 1. The summed E-state index contributed by atoms with van der Waals surface area (Å²) in [5.74, 6) is 2.46. The number of nitrogens with one attached hydrogen (secondary N) is 2. The Balaban J connectivity index is 2.69. The zero-order valence-corrected chi connectivity index (χ0v) is 11.0. The minimum Gasteiger partial charge on any atom is -0.322 e. The second-order valence-corrected chi connectivity index (χ2v) is 4.79. The van der Waals surface area contributed by atoms with E-state index in [1.54, 1.807) is 32.0 Å². The molecule has 0 saturated carbocycles. The van der Waals surface area contributed by atoms with E-state index in [-0.39, 0.29) is 0 Å². The van der Waals surface area contributed by atoms with E-state index < -0.39 is 11.6 Å². The van der Waals surface area contributed by atoms with Crippen LogP contribution in [0.15, 0.2) is 18.2 Å². The number of terminal acetylenes is 1. The van der Waals surface area contributed by atoms with E-state index in [0.717, 1.165) is 0 Å². The van der Waals surface area contributed by atoms with Crippen LogP contribution in [-0.2, 0) is 0 Å². The molecule has 0 heterocycles. The van der Waals surface area contributed by atoms with Crippen LogP contribution in [0.1, 0.15) is 13.8 Å². The van der Waals surface area contributed by atoms with Gasteiger partial charge in [-0.1, -0.05) is 29.1 Å². The van der Waals surface area contributed by atoms with Crippen molar-refractivity contribution in [1.82, 2.24) is 5.32 Å². The van der Waals surface area contributed by atoms with Gasteiger partial charge in [-0.15, -0.1) is 6.42 Å². The molecule has 1 aromatic carbocycles. The number of carbonyl (C=O) groups is 1. The van der Waals surface area contributed by atoms with Gasteiger partial charge in [-0.25, -0.2) is 4.79 Å². The van der Waals surface area contributed by atoms with Crippen LogP contribution in [-0.4, -0.2) is 11.6 Å². The summed E-state index contributed by atoms with van der Waals surface area (Å²) in [6.45, 7) is 3.45. The largest absolute Gasteiger partial charge is 0.322 e. The molecule has 0 radical (unpaired) electrons. The fourth-order valence-corrected chi connectivity index (χ4v) is 1.35. The maximum atomic E-state index is 11.6. The predicted molar refractivity (Wildman–Crippen MR) is 71.5 cm³/mol. The molecule has 0 aliphatic rings. The molecule has 2 N–H and O–H groups in total. The molecule has 2 amide bonds. The first-order valence-electron chi connectivity index (χ1n) is 4.86. The number of carbonyl (C=O) groups excluding carboxylic acids is 1. The standard InChI is InChI=1S/C12H12Cl2N2O/c1-4-12(2,3)16-11(17)15-8-5-6-9(13)10(14)7-8/h1,5-7H,2-3H3,(H2,15,16,17). The molecule has 0 atom stereocenters. The fourth-order valence-electron chi connectivity index (χ4n) is 1.06. The van der Waals surface area contributed by atoms with Gasteiger partial charge in [0.05, 0.1) is 15.6 Å². The van der Waals surface area contributed by atoms with E-state index in [4.69, 9.17) is 29.6 Å². The number of halogens is 2. The van der Waals surface area contributed by atoms with Crippen molar-refractivity contribution >= 4 is 34.9 Å². The summed E-state index contributed by atoms with van der Waals surface area (Å²) in [4.78, 5) is 11.6. The number of hydrogen-bond acceptors (Lipinski definition) is 1. The summed E-state index contributed by atoms with van der Waals surface area (Å²) in [6, 6.07) is 4.42. The lowest BCUT2D eigenvalue weighted by molar-refractivity contribution is 0.247. The molecule has 1 rings (SSSR count). The van der Waals surface area contributed by atoms with Crippen LogP contribution in [0.25, 0.3) is 0 Å². The zero-order valence-electron chi connectivity index (χ0n) is 9.47. The third-order valence-corrected chi connectivity index (χ3v) is 2.70. The van der Waals surface area contributed by atoms with Crippen LogP contribution in [0, 0.1) is 12.3 Å². The minimum absolute atomic E-state index is 0.376. The highest BCUT2D eigenvalue weighted by molar-refractivity contribution is 6.42. The average Bonchev–Trinajstić information content (AvgIpc) is 2.23. The van der Waals surface area contributed by atoms with Crippen LogP contribution >= 0.6 is 23.2 Å². The van der Waals surface area contributed by atoms with Gasteiger partial charge < -0.3 is 10.6 Å². The Morgan fingerprint density at radius 2 is 2.00 bits per heavy atom. The summed E-state index contributed by atoms with van der Waals surface area (Å²) in [6.07, 6.45) is 5.26. The van der Waals surface area contributed by atoms with Gasteiger partial charge >= 0.3 is 6.03 Å². The van der Waals surface area contributed by atoms with Crippen LogP contribution in [0.3, 0.4) is 0 Å². The monoisotopic (exact) mass is 270 g/mol. The Labute approximate surface area is 110 Å². The second-order valence-electron chi connectivity index (χ2n) is 3.98. The second kappa shape index (κ2) is 5.31. The van der Waals surface area contributed by atoms with E-state index >= 15 is 0 Å². The van der Waals surface area contributed by atoms with Crippen LogP contribution < -0.4 is 10.6 Å². The molecule has 0 bridgehead atoms. The Morgan fingerprint density at radius 3 is 2.53 bits per heavy atom. The van der Waals surface area contributed by atoms with E-state index in [0.29, 0.717) is 15.7 Å². The van der Waals surface area contributed by atoms with Gasteiger partial charge in [-0.3, -0.25) is 0 Å². The Kier molecular flexibility index (Phi) is 4.28. The van der Waals surface area contributed by atoms with Crippen LogP contribution in [0.2, 0.25) is 10.0 Å². The van der Waals surface area contributed by atoms with Crippen LogP contribution in [0.5, 0.6) is 0 Å². The Morgan fingerprint density at radius 1 is 1.35 bits per heavy atom. The molecule has 1 aromatic rings. The quantitative estimate of drug-likeness (QED) is 0.794. The molecule has 0 saturated heterocycles. The smallest absolute Gasteiger partial charge is 0.320 e. The normalized spacial score (nSPS) is 10.5. The molecule has 0 aliphatic heterocycles. The molecule has 17 heavy (non-hydrogen) atoms. The summed E-state index contributed by atoms with van der Waals surface area (Å²) in [7, 11) is 0. The van der Waals surface area contributed by atoms with Gasteiger partial charge in [0.1, 0.15) is 0 Å². The minimum atomic E-state index is -0.708. The lowest BCUT2D eigenvalue weighted by atomic mass is 10.1.